The molecule has 1 amide bonds. The molecule has 0 spiro atoms. The third-order valence-electron chi connectivity index (χ3n) is 4.54. The molecule has 0 aliphatic heterocycles. The molecule has 0 bridgehead atoms. The van der Waals surface area contributed by atoms with Crippen LogP contribution in [0.1, 0.15) is 35.3 Å². The number of fused-ring (bicyclic) bond motifs is 1. The monoisotopic (exact) mass is 456 g/mol. The van der Waals surface area contributed by atoms with Gasteiger partial charge in [0.25, 0.3) is 5.91 Å². The van der Waals surface area contributed by atoms with Crippen molar-refractivity contribution in [3.8, 4) is 5.75 Å². The van der Waals surface area contributed by atoms with E-state index in [1.165, 1.54) is 23.8 Å². The van der Waals surface area contributed by atoms with Crippen molar-refractivity contribution in [1.29, 1.82) is 0 Å². The number of aliphatic carboxylic acids is 1. The number of methoxy groups -OCH3 is 1. The summed E-state index contributed by atoms with van der Waals surface area (Å²) in [5.41, 5.74) is -1.18. The lowest BCUT2D eigenvalue weighted by Gasteiger charge is -2.13. The summed E-state index contributed by atoms with van der Waals surface area (Å²) >= 11 is 0.709. The van der Waals surface area contributed by atoms with Gasteiger partial charge in [0, 0.05) is 5.56 Å². The van der Waals surface area contributed by atoms with E-state index in [9.17, 15) is 32.3 Å². The number of amides is 1. The molecule has 0 aliphatic carbocycles. The number of halogens is 4. The first-order valence-electron chi connectivity index (χ1n) is 8.95. The topological polar surface area (TPSA) is 80.9 Å². The molecule has 164 valence electrons. The summed E-state index contributed by atoms with van der Waals surface area (Å²) in [6.07, 6.45) is -4.55. The van der Waals surface area contributed by atoms with E-state index < -0.39 is 35.5 Å². The molecule has 11 heteroatoms. The number of nitrogens with zero attached hydrogens (tertiary/aromatic N) is 2. The average Bonchev–Trinajstić information content (AvgIpc) is 3.07. The molecule has 3 rings (SSSR count). The van der Waals surface area contributed by atoms with E-state index in [1.807, 2.05) is 0 Å². The molecule has 1 unspecified atom stereocenters. The van der Waals surface area contributed by atoms with Gasteiger partial charge in [-0.25, -0.2) is 9.18 Å². The zero-order valence-electron chi connectivity index (χ0n) is 16.2. The highest BCUT2D eigenvalue weighted by molar-refractivity contribution is 7.16. The first kappa shape index (κ1) is 22.5. The Morgan fingerprint density at radius 3 is 2.55 bits per heavy atom. The number of hydrogen-bond acceptors (Lipinski definition) is 4. The Morgan fingerprint density at radius 2 is 1.97 bits per heavy atom. The Bertz CT molecular complexity index is 1230. The first-order valence-corrected chi connectivity index (χ1v) is 9.76. The van der Waals surface area contributed by atoms with Gasteiger partial charge in [0.2, 0.25) is 0 Å². The third kappa shape index (κ3) is 4.31. The van der Waals surface area contributed by atoms with Crippen molar-refractivity contribution in [1.82, 2.24) is 4.57 Å². The lowest BCUT2D eigenvalue weighted by molar-refractivity contribution is -0.141. The van der Waals surface area contributed by atoms with Crippen LogP contribution in [0, 0.1) is 5.82 Å². The van der Waals surface area contributed by atoms with Crippen LogP contribution in [-0.4, -0.2) is 28.7 Å². The van der Waals surface area contributed by atoms with Crippen LogP contribution < -0.4 is 9.54 Å². The van der Waals surface area contributed by atoms with Gasteiger partial charge in [-0.1, -0.05) is 24.3 Å². The second kappa shape index (κ2) is 8.50. The number of aromatic nitrogens is 1. The SMILES string of the molecule is CCC(C(=O)O)n1/c(=N/C(=O)c2cccc(C(F)(F)F)c2)sc2c(F)c(OC)ccc21. The molecule has 31 heavy (non-hydrogen) atoms. The lowest BCUT2D eigenvalue weighted by Crippen LogP contribution is -2.27. The molecular weight excluding hydrogens is 440 g/mol. The minimum absolute atomic E-state index is 0.00893. The van der Waals surface area contributed by atoms with E-state index in [-0.39, 0.29) is 32.8 Å². The van der Waals surface area contributed by atoms with Crippen LogP contribution >= 0.6 is 11.3 Å². The number of carboxylic acid groups (broad SMARTS) is 1. The van der Waals surface area contributed by atoms with Gasteiger partial charge in [-0.3, -0.25) is 4.79 Å². The van der Waals surface area contributed by atoms with Gasteiger partial charge in [-0.2, -0.15) is 18.2 Å². The van der Waals surface area contributed by atoms with Gasteiger partial charge in [0.05, 0.1) is 22.9 Å². The van der Waals surface area contributed by atoms with Crippen molar-refractivity contribution in [3.05, 3.63) is 58.1 Å². The van der Waals surface area contributed by atoms with Crippen molar-refractivity contribution in [3.63, 3.8) is 0 Å². The fourth-order valence-corrected chi connectivity index (χ4v) is 4.14. The van der Waals surface area contributed by atoms with Gasteiger partial charge < -0.3 is 14.4 Å². The van der Waals surface area contributed by atoms with Crippen LogP contribution in [0.5, 0.6) is 5.75 Å². The molecule has 6 nitrogen and oxygen atoms in total. The molecule has 1 atom stereocenters. The van der Waals surface area contributed by atoms with E-state index in [0.29, 0.717) is 17.4 Å². The van der Waals surface area contributed by atoms with Crippen molar-refractivity contribution in [2.75, 3.05) is 7.11 Å². The Morgan fingerprint density at radius 1 is 1.26 bits per heavy atom. The molecule has 0 aliphatic rings. The molecule has 0 saturated carbocycles. The average molecular weight is 456 g/mol. The summed E-state index contributed by atoms with van der Waals surface area (Å²) in [5, 5.41) is 9.59. The summed E-state index contributed by atoms with van der Waals surface area (Å²) in [5.74, 6) is -3.09. The number of hydrogen-bond donors (Lipinski definition) is 1. The van der Waals surface area contributed by atoms with Gasteiger partial charge in [0.15, 0.2) is 16.4 Å². The highest BCUT2D eigenvalue weighted by atomic mass is 32.1. The van der Waals surface area contributed by atoms with Crippen LogP contribution in [0.3, 0.4) is 0 Å². The Hall–Kier alpha value is -3.21. The van der Waals surface area contributed by atoms with Crippen LogP contribution in [0.15, 0.2) is 41.4 Å². The number of carbonyl (C=O) groups is 2. The maximum atomic E-state index is 14.7. The number of rotatable bonds is 5. The van der Waals surface area contributed by atoms with Crippen LogP contribution in [-0.2, 0) is 11.0 Å². The maximum Gasteiger partial charge on any atom is 0.416 e. The zero-order valence-corrected chi connectivity index (χ0v) is 17.1. The molecule has 0 radical (unpaired) electrons. The van der Waals surface area contributed by atoms with Crippen molar-refractivity contribution >= 4 is 33.4 Å². The summed E-state index contributed by atoms with van der Waals surface area (Å²) in [4.78, 5) is 28.1. The van der Waals surface area contributed by atoms with E-state index in [2.05, 4.69) is 4.99 Å². The number of carbonyl (C=O) groups excluding carboxylic acids is 1. The summed E-state index contributed by atoms with van der Waals surface area (Å²) in [6, 6.07) is 5.28. The van der Waals surface area contributed by atoms with Gasteiger partial charge in [-0.15, -0.1) is 0 Å². The molecule has 3 aromatic rings. The molecule has 1 N–H and O–H groups in total. The predicted molar refractivity (Wildman–Crippen MR) is 105 cm³/mol. The summed E-state index contributed by atoms with van der Waals surface area (Å²) in [7, 11) is 1.26. The van der Waals surface area contributed by atoms with Crippen LogP contribution in [0.25, 0.3) is 10.2 Å². The minimum atomic E-state index is -4.65. The zero-order chi connectivity index (χ0) is 22.9. The minimum Gasteiger partial charge on any atom is -0.494 e. The van der Waals surface area contributed by atoms with E-state index in [4.69, 9.17) is 4.74 Å². The highest BCUT2D eigenvalue weighted by Crippen LogP contribution is 2.31. The molecule has 0 fully saturated rings. The number of alkyl halides is 3. The predicted octanol–water partition coefficient (Wildman–Crippen LogP) is 4.65. The smallest absolute Gasteiger partial charge is 0.416 e. The molecular formula is C20H16F4N2O4S. The largest absolute Gasteiger partial charge is 0.494 e. The number of carboxylic acids is 1. The van der Waals surface area contributed by atoms with Crippen LogP contribution in [0.4, 0.5) is 17.6 Å². The van der Waals surface area contributed by atoms with E-state index >= 15 is 0 Å². The van der Waals surface area contributed by atoms with Crippen molar-refractivity contribution in [2.24, 2.45) is 4.99 Å². The van der Waals surface area contributed by atoms with Crippen LogP contribution in [0.2, 0.25) is 0 Å². The second-order valence-electron chi connectivity index (χ2n) is 6.44. The summed E-state index contributed by atoms with van der Waals surface area (Å²) in [6.45, 7) is 1.59. The molecule has 2 aromatic carbocycles. The Labute approximate surface area is 177 Å². The van der Waals surface area contributed by atoms with Crippen molar-refractivity contribution < 1.29 is 37.0 Å². The normalized spacial score (nSPS) is 13.4. The van der Waals surface area contributed by atoms with Gasteiger partial charge >= 0.3 is 12.1 Å². The standard InChI is InChI=1S/C20H16F4N2O4S/c1-3-12(18(28)29)26-13-7-8-14(30-2)15(21)16(13)31-19(26)25-17(27)10-5-4-6-11(9-10)20(22,23)24/h4-9,12H,3H2,1-2H3,(H,28,29)/b25-19-. The first-order chi connectivity index (χ1) is 14.6. The second-order valence-corrected chi connectivity index (χ2v) is 7.42. The Balaban J connectivity index is 2.25. The number of benzene rings is 2. The fraction of sp³-hybridized carbons (Fsp3) is 0.250. The molecule has 0 saturated heterocycles. The Kier molecular flexibility index (Phi) is 6.16. The van der Waals surface area contributed by atoms with Crippen molar-refractivity contribution in [2.45, 2.75) is 25.6 Å². The van der Waals surface area contributed by atoms with E-state index in [0.717, 1.165) is 18.2 Å². The lowest BCUT2D eigenvalue weighted by atomic mass is 10.1. The van der Waals surface area contributed by atoms with Gasteiger partial charge in [0.1, 0.15) is 6.04 Å². The number of ether oxygens (including phenoxy) is 1. The summed E-state index contributed by atoms with van der Waals surface area (Å²) < 4.78 is 59.7. The highest BCUT2D eigenvalue weighted by Gasteiger charge is 2.31. The maximum absolute atomic E-state index is 14.7. The molecule has 1 aromatic heterocycles. The number of thiazole rings is 1. The van der Waals surface area contributed by atoms with E-state index in [1.54, 1.807) is 6.92 Å². The molecule has 1 heterocycles. The fourth-order valence-electron chi connectivity index (χ4n) is 3.04. The quantitative estimate of drug-likeness (QED) is 0.567. The third-order valence-corrected chi connectivity index (χ3v) is 5.60. The van der Waals surface area contributed by atoms with Gasteiger partial charge in [-0.05, 0) is 36.8 Å².